The summed E-state index contributed by atoms with van der Waals surface area (Å²) in [7, 11) is 0. The summed E-state index contributed by atoms with van der Waals surface area (Å²) in [5.41, 5.74) is 3.31. The maximum Gasteiger partial charge on any atom is 0.343 e. The van der Waals surface area contributed by atoms with Crippen LogP contribution in [0.2, 0.25) is 10.0 Å². The highest BCUT2D eigenvalue weighted by Crippen LogP contribution is 2.35. The van der Waals surface area contributed by atoms with E-state index in [2.05, 4.69) is 0 Å². The first kappa shape index (κ1) is 29.9. The lowest BCUT2D eigenvalue weighted by Crippen LogP contribution is -2.57. The minimum Gasteiger partial charge on any atom is -0.490 e. The van der Waals surface area contributed by atoms with Crippen molar-refractivity contribution in [2.45, 2.75) is 27.4 Å². The normalized spacial score (nSPS) is 13.4. The van der Waals surface area contributed by atoms with E-state index in [-0.39, 0.29) is 12.2 Å². The maximum atomic E-state index is 13.9. The van der Waals surface area contributed by atoms with Crippen LogP contribution in [0.1, 0.15) is 29.2 Å². The van der Waals surface area contributed by atoms with Crippen molar-refractivity contribution in [1.82, 2.24) is 0 Å². The Hall–Kier alpha value is -4.59. The molecule has 4 aromatic carbocycles. The number of urea groups is 1. The Morgan fingerprint density at radius 1 is 0.721 bits per heavy atom. The fourth-order valence-corrected chi connectivity index (χ4v) is 5.21. The monoisotopic (exact) mass is 614 g/mol. The average molecular weight is 616 g/mol. The van der Waals surface area contributed by atoms with Gasteiger partial charge in [-0.3, -0.25) is 9.59 Å². The van der Waals surface area contributed by atoms with Gasteiger partial charge in [-0.25, -0.2) is 14.6 Å². The lowest BCUT2D eigenvalue weighted by atomic mass is 10.0. The Labute approximate surface area is 259 Å². The first-order valence-corrected chi connectivity index (χ1v) is 14.3. The van der Waals surface area contributed by atoms with E-state index < -0.39 is 17.8 Å². The summed E-state index contributed by atoms with van der Waals surface area (Å²) in [6.45, 7) is 5.97. The Bertz CT molecular complexity index is 1700. The van der Waals surface area contributed by atoms with Gasteiger partial charge >= 0.3 is 6.03 Å². The van der Waals surface area contributed by atoms with Gasteiger partial charge in [-0.2, -0.15) is 0 Å². The molecule has 1 aliphatic heterocycles. The lowest BCUT2D eigenvalue weighted by molar-refractivity contribution is -0.121. The minimum atomic E-state index is -0.740. The first-order valence-electron chi connectivity index (χ1n) is 13.6. The van der Waals surface area contributed by atoms with Gasteiger partial charge in [-0.15, -0.1) is 0 Å². The summed E-state index contributed by atoms with van der Waals surface area (Å²) in [4.78, 5) is 43.6. The molecule has 0 radical (unpaired) electrons. The number of halogens is 2. The summed E-state index contributed by atoms with van der Waals surface area (Å²) >= 11 is 12.3. The number of nitrogens with zero attached hydrogens (tertiary/aromatic N) is 2. The predicted octanol–water partition coefficient (Wildman–Crippen LogP) is 8.17. The molecule has 0 unspecified atom stereocenters. The van der Waals surface area contributed by atoms with Crippen molar-refractivity contribution in [3.8, 4) is 11.5 Å². The number of carbonyl (C=O) groups excluding carboxylic acids is 3. The van der Waals surface area contributed by atoms with Gasteiger partial charge in [0.15, 0.2) is 11.5 Å². The third kappa shape index (κ3) is 6.14. The van der Waals surface area contributed by atoms with Crippen molar-refractivity contribution in [3.63, 3.8) is 0 Å². The van der Waals surface area contributed by atoms with Gasteiger partial charge < -0.3 is 9.47 Å². The number of hydrogen-bond donors (Lipinski definition) is 0. The van der Waals surface area contributed by atoms with Gasteiger partial charge in [-0.05, 0) is 79.9 Å². The lowest BCUT2D eigenvalue weighted by Gasteiger charge is -2.35. The number of anilines is 2. The second-order valence-electron chi connectivity index (χ2n) is 9.86. The van der Waals surface area contributed by atoms with Gasteiger partial charge in [0.2, 0.25) is 0 Å². The van der Waals surface area contributed by atoms with Crippen LogP contribution in [0.5, 0.6) is 11.5 Å². The molecule has 9 heteroatoms. The Balaban J connectivity index is 1.55. The van der Waals surface area contributed by atoms with Gasteiger partial charge in [0.05, 0.1) is 18.0 Å². The molecule has 0 aliphatic carbocycles. The summed E-state index contributed by atoms with van der Waals surface area (Å²) in [6.07, 6.45) is 1.47. The SMILES string of the molecule is CCOc1cc(C=C2C(=O)N(c3ccccc3C)C(=O)N(c3ccccc3C)C2=O)ccc1OCc1ccc(Cl)cc1Cl. The topological polar surface area (TPSA) is 76.2 Å². The third-order valence-electron chi connectivity index (χ3n) is 6.94. The zero-order chi connectivity index (χ0) is 30.7. The predicted molar refractivity (Wildman–Crippen MR) is 169 cm³/mol. The molecule has 0 aromatic heterocycles. The fraction of sp³-hybridized carbons (Fsp3) is 0.147. The van der Waals surface area contributed by atoms with E-state index in [9.17, 15) is 14.4 Å². The Morgan fingerprint density at radius 2 is 1.33 bits per heavy atom. The molecule has 0 bridgehead atoms. The molecule has 1 heterocycles. The number of ether oxygens (including phenoxy) is 2. The molecule has 0 saturated carbocycles. The van der Waals surface area contributed by atoms with Crippen LogP contribution in [-0.4, -0.2) is 24.5 Å². The van der Waals surface area contributed by atoms with Gasteiger partial charge in [0, 0.05) is 15.6 Å². The summed E-state index contributed by atoms with van der Waals surface area (Å²) in [5.74, 6) is -0.565. The van der Waals surface area contributed by atoms with E-state index in [1.165, 1.54) is 6.08 Å². The molecular formula is C34H28Cl2N2O5. The highest BCUT2D eigenvalue weighted by atomic mass is 35.5. The van der Waals surface area contributed by atoms with E-state index in [1.54, 1.807) is 86.6 Å². The summed E-state index contributed by atoms with van der Waals surface area (Å²) in [5, 5.41) is 1.00. The maximum absolute atomic E-state index is 13.9. The molecule has 1 fully saturated rings. The second kappa shape index (κ2) is 12.7. The molecule has 0 atom stereocenters. The van der Waals surface area contributed by atoms with E-state index >= 15 is 0 Å². The van der Waals surface area contributed by atoms with Crippen LogP contribution >= 0.6 is 23.2 Å². The number of barbiturate groups is 1. The van der Waals surface area contributed by atoms with Crippen molar-refractivity contribution < 1.29 is 23.9 Å². The molecule has 4 amide bonds. The van der Waals surface area contributed by atoms with Crippen molar-refractivity contribution in [1.29, 1.82) is 0 Å². The van der Waals surface area contributed by atoms with Crippen LogP contribution in [0.25, 0.3) is 6.08 Å². The van der Waals surface area contributed by atoms with Gasteiger partial charge in [0.25, 0.3) is 11.8 Å². The molecule has 1 saturated heterocycles. The van der Waals surface area contributed by atoms with Crippen molar-refractivity contribution >= 4 is 58.5 Å². The number of carbonyl (C=O) groups is 3. The second-order valence-corrected chi connectivity index (χ2v) is 10.7. The van der Waals surface area contributed by atoms with Crippen molar-refractivity contribution in [2.75, 3.05) is 16.4 Å². The zero-order valence-corrected chi connectivity index (χ0v) is 25.3. The molecule has 218 valence electrons. The molecule has 1 aliphatic rings. The molecule has 43 heavy (non-hydrogen) atoms. The fourth-order valence-electron chi connectivity index (χ4n) is 4.75. The number of rotatable bonds is 8. The molecular weight excluding hydrogens is 587 g/mol. The number of hydrogen-bond acceptors (Lipinski definition) is 5. The third-order valence-corrected chi connectivity index (χ3v) is 7.53. The van der Waals surface area contributed by atoms with Crippen LogP contribution in [0, 0.1) is 13.8 Å². The molecule has 7 nitrogen and oxygen atoms in total. The van der Waals surface area contributed by atoms with Crippen LogP contribution < -0.4 is 19.3 Å². The van der Waals surface area contributed by atoms with E-state index in [4.69, 9.17) is 32.7 Å². The number of para-hydroxylation sites is 2. The molecule has 0 spiro atoms. The molecule has 0 N–H and O–H groups in total. The van der Waals surface area contributed by atoms with Gasteiger partial charge in [-0.1, -0.05) is 71.7 Å². The average Bonchev–Trinajstić information content (AvgIpc) is 2.98. The summed E-state index contributed by atoms with van der Waals surface area (Å²) < 4.78 is 11.8. The Morgan fingerprint density at radius 3 is 1.88 bits per heavy atom. The van der Waals surface area contributed by atoms with E-state index in [1.807, 2.05) is 19.1 Å². The van der Waals surface area contributed by atoms with E-state index in [0.29, 0.717) is 56.2 Å². The zero-order valence-electron chi connectivity index (χ0n) is 23.8. The van der Waals surface area contributed by atoms with Crippen LogP contribution in [0.3, 0.4) is 0 Å². The number of amides is 4. The number of aryl methyl sites for hydroxylation is 2. The van der Waals surface area contributed by atoms with E-state index in [0.717, 1.165) is 15.4 Å². The first-order chi connectivity index (χ1) is 20.7. The number of benzene rings is 4. The minimum absolute atomic E-state index is 0.171. The summed E-state index contributed by atoms with van der Waals surface area (Å²) in [6, 6.07) is 23.6. The smallest absolute Gasteiger partial charge is 0.343 e. The highest BCUT2D eigenvalue weighted by molar-refractivity contribution is 6.46. The largest absolute Gasteiger partial charge is 0.490 e. The quantitative estimate of drug-likeness (QED) is 0.148. The molecule has 4 aromatic rings. The van der Waals surface area contributed by atoms with Crippen LogP contribution in [0.15, 0.2) is 90.5 Å². The van der Waals surface area contributed by atoms with Crippen molar-refractivity contribution in [2.24, 2.45) is 0 Å². The van der Waals surface area contributed by atoms with Gasteiger partial charge in [0.1, 0.15) is 12.2 Å². The number of imide groups is 2. The molecule has 5 rings (SSSR count). The van der Waals surface area contributed by atoms with Crippen LogP contribution in [0.4, 0.5) is 16.2 Å². The Kier molecular flexibility index (Phi) is 8.85. The van der Waals surface area contributed by atoms with Crippen LogP contribution in [-0.2, 0) is 16.2 Å². The van der Waals surface area contributed by atoms with Crippen molar-refractivity contribution in [3.05, 3.63) is 123 Å². The standard InChI is InChI=1S/C34H28Cl2N2O5/c1-4-42-31-18-23(13-16-30(31)43-20-24-14-15-25(35)19-27(24)36)17-26-32(39)37(28-11-7-5-9-21(28)2)34(41)38(33(26)40)29-12-8-6-10-22(29)3/h5-19H,4,20H2,1-3H3. The highest BCUT2D eigenvalue weighted by Gasteiger charge is 2.44.